The second-order valence-electron chi connectivity index (χ2n) is 6.66. The summed E-state index contributed by atoms with van der Waals surface area (Å²) in [4.78, 5) is 9.79. The molecule has 136 valence electrons. The Morgan fingerprint density at radius 2 is 2.08 bits per heavy atom. The molecule has 0 aromatic carbocycles. The second-order valence-corrected chi connectivity index (χ2v) is 7.91. The Labute approximate surface area is 151 Å². The SMILES string of the molecule is CCc1ccc(CNC(=NC)NCCCCN2CCCCC2C)s1. The molecule has 1 atom stereocenters. The summed E-state index contributed by atoms with van der Waals surface area (Å²) in [7, 11) is 1.84. The number of nitrogens with zero attached hydrogens (tertiary/aromatic N) is 2. The standard InChI is InChI=1S/C19H34N4S/c1-4-17-10-11-18(24-17)15-22-19(20-3)21-12-6-8-14-23-13-7-5-9-16(23)2/h10-11,16H,4-9,12-15H2,1-3H3,(H2,20,21,22). The molecule has 2 N–H and O–H groups in total. The van der Waals surface area contributed by atoms with Gasteiger partial charge in [0.2, 0.25) is 0 Å². The lowest BCUT2D eigenvalue weighted by Gasteiger charge is -2.33. The van der Waals surface area contributed by atoms with Gasteiger partial charge in [0.05, 0.1) is 6.54 Å². The highest BCUT2D eigenvalue weighted by Gasteiger charge is 2.16. The first-order valence-corrected chi connectivity index (χ1v) is 10.3. The number of rotatable bonds is 8. The molecule has 0 amide bonds. The van der Waals surface area contributed by atoms with E-state index < -0.39 is 0 Å². The van der Waals surface area contributed by atoms with Crippen LogP contribution in [0.3, 0.4) is 0 Å². The Hall–Kier alpha value is -1.07. The van der Waals surface area contributed by atoms with Crippen molar-refractivity contribution in [2.75, 3.05) is 26.7 Å². The zero-order valence-electron chi connectivity index (χ0n) is 15.6. The molecule has 2 rings (SSSR count). The minimum atomic E-state index is 0.778. The van der Waals surface area contributed by atoms with Crippen LogP contribution in [0.2, 0.25) is 0 Å². The van der Waals surface area contributed by atoms with Crippen molar-refractivity contribution in [3.63, 3.8) is 0 Å². The van der Waals surface area contributed by atoms with Gasteiger partial charge in [-0.2, -0.15) is 0 Å². The molecular formula is C19H34N4S. The molecule has 5 heteroatoms. The van der Waals surface area contributed by atoms with E-state index >= 15 is 0 Å². The van der Waals surface area contributed by atoms with Gasteiger partial charge in [0.25, 0.3) is 0 Å². The molecule has 1 aliphatic heterocycles. The molecule has 24 heavy (non-hydrogen) atoms. The number of aliphatic imine (C=N–C) groups is 1. The van der Waals surface area contributed by atoms with Gasteiger partial charge in [-0.05, 0) is 64.3 Å². The number of nitrogens with one attached hydrogen (secondary N) is 2. The maximum atomic E-state index is 4.32. The van der Waals surface area contributed by atoms with E-state index in [-0.39, 0.29) is 0 Å². The number of piperidine rings is 1. The molecule has 4 nitrogen and oxygen atoms in total. The van der Waals surface area contributed by atoms with Crippen LogP contribution in [0.5, 0.6) is 0 Å². The highest BCUT2D eigenvalue weighted by atomic mass is 32.1. The fourth-order valence-corrected chi connectivity index (χ4v) is 4.13. The molecule has 1 aromatic rings. The summed E-state index contributed by atoms with van der Waals surface area (Å²) in [5.74, 6) is 0.910. The Morgan fingerprint density at radius 3 is 2.79 bits per heavy atom. The predicted octanol–water partition coefficient (Wildman–Crippen LogP) is 3.63. The number of aryl methyl sites for hydroxylation is 1. The largest absolute Gasteiger partial charge is 0.356 e. The van der Waals surface area contributed by atoms with Gasteiger partial charge in [-0.15, -0.1) is 11.3 Å². The van der Waals surface area contributed by atoms with Crippen molar-refractivity contribution in [2.24, 2.45) is 4.99 Å². The average molecular weight is 351 g/mol. The third-order valence-electron chi connectivity index (χ3n) is 4.82. The molecule has 1 aromatic heterocycles. The first kappa shape index (κ1) is 19.3. The summed E-state index contributed by atoms with van der Waals surface area (Å²) in [5, 5.41) is 6.84. The van der Waals surface area contributed by atoms with E-state index in [0.717, 1.165) is 31.5 Å². The van der Waals surface area contributed by atoms with Crippen LogP contribution in [0.4, 0.5) is 0 Å². The number of hydrogen-bond donors (Lipinski definition) is 2. The van der Waals surface area contributed by atoms with Gasteiger partial charge in [0.15, 0.2) is 5.96 Å². The molecule has 0 saturated carbocycles. The lowest BCUT2D eigenvalue weighted by molar-refractivity contribution is 0.158. The first-order chi connectivity index (χ1) is 11.7. The first-order valence-electron chi connectivity index (χ1n) is 9.49. The lowest BCUT2D eigenvalue weighted by atomic mass is 10.0. The van der Waals surface area contributed by atoms with Crippen LogP contribution < -0.4 is 10.6 Å². The van der Waals surface area contributed by atoms with E-state index in [1.807, 2.05) is 18.4 Å². The zero-order valence-corrected chi connectivity index (χ0v) is 16.4. The summed E-state index contributed by atoms with van der Waals surface area (Å²) in [5.41, 5.74) is 0. The smallest absolute Gasteiger partial charge is 0.191 e. The van der Waals surface area contributed by atoms with E-state index in [4.69, 9.17) is 0 Å². The number of thiophene rings is 1. The fraction of sp³-hybridized carbons (Fsp3) is 0.737. The molecule has 1 saturated heterocycles. The topological polar surface area (TPSA) is 39.7 Å². The molecule has 2 heterocycles. The minimum absolute atomic E-state index is 0.778. The number of likely N-dealkylation sites (tertiary alicyclic amines) is 1. The van der Waals surface area contributed by atoms with E-state index in [1.54, 1.807) is 0 Å². The predicted molar refractivity (Wildman–Crippen MR) is 106 cm³/mol. The van der Waals surface area contributed by atoms with Crippen molar-refractivity contribution in [1.29, 1.82) is 0 Å². The monoisotopic (exact) mass is 350 g/mol. The summed E-state index contributed by atoms with van der Waals surface area (Å²) in [6.07, 6.45) is 7.74. The van der Waals surface area contributed by atoms with Crippen LogP contribution in [0.1, 0.15) is 55.7 Å². The van der Waals surface area contributed by atoms with Crippen LogP contribution in [0.25, 0.3) is 0 Å². The minimum Gasteiger partial charge on any atom is -0.356 e. The van der Waals surface area contributed by atoms with Crippen molar-refractivity contribution in [3.05, 3.63) is 21.9 Å². The maximum absolute atomic E-state index is 4.32. The van der Waals surface area contributed by atoms with Crippen molar-refractivity contribution < 1.29 is 0 Å². The van der Waals surface area contributed by atoms with Gasteiger partial charge in [0, 0.05) is 29.4 Å². The van der Waals surface area contributed by atoms with E-state index in [2.05, 4.69) is 46.5 Å². The molecule has 1 aliphatic rings. The highest BCUT2D eigenvalue weighted by molar-refractivity contribution is 7.11. The van der Waals surface area contributed by atoms with Gasteiger partial charge in [-0.25, -0.2) is 0 Å². The van der Waals surface area contributed by atoms with Crippen molar-refractivity contribution in [3.8, 4) is 0 Å². The van der Waals surface area contributed by atoms with Gasteiger partial charge in [0.1, 0.15) is 0 Å². The number of hydrogen-bond acceptors (Lipinski definition) is 3. The molecule has 0 radical (unpaired) electrons. The third-order valence-corrected chi connectivity index (χ3v) is 6.05. The molecule has 0 aliphatic carbocycles. The van der Waals surface area contributed by atoms with Crippen LogP contribution in [0.15, 0.2) is 17.1 Å². The van der Waals surface area contributed by atoms with Crippen LogP contribution in [-0.2, 0) is 13.0 Å². The Balaban J connectivity index is 1.58. The van der Waals surface area contributed by atoms with E-state index in [1.165, 1.54) is 54.9 Å². The van der Waals surface area contributed by atoms with Crippen LogP contribution >= 0.6 is 11.3 Å². The second kappa shape index (κ2) is 10.7. The average Bonchev–Trinajstić information content (AvgIpc) is 3.07. The Kier molecular flexibility index (Phi) is 8.60. The normalized spacial score (nSPS) is 19.5. The molecule has 0 bridgehead atoms. The summed E-state index contributed by atoms with van der Waals surface area (Å²) in [6, 6.07) is 5.21. The van der Waals surface area contributed by atoms with Gasteiger partial charge < -0.3 is 15.5 Å². The van der Waals surface area contributed by atoms with Gasteiger partial charge >= 0.3 is 0 Å². The fourth-order valence-electron chi connectivity index (χ4n) is 3.24. The van der Waals surface area contributed by atoms with Crippen LogP contribution in [0, 0.1) is 0 Å². The maximum Gasteiger partial charge on any atom is 0.191 e. The zero-order chi connectivity index (χ0) is 17.2. The molecular weight excluding hydrogens is 316 g/mol. The Bertz CT molecular complexity index is 497. The quantitative estimate of drug-likeness (QED) is 0.427. The summed E-state index contributed by atoms with van der Waals surface area (Å²) in [6.45, 7) is 8.95. The van der Waals surface area contributed by atoms with Crippen molar-refractivity contribution >= 4 is 17.3 Å². The van der Waals surface area contributed by atoms with Gasteiger partial charge in [-0.1, -0.05) is 13.3 Å². The lowest BCUT2D eigenvalue weighted by Crippen LogP contribution is -2.39. The van der Waals surface area contributed by atoms with Crippen LogP contribution in [-0.4, -0.2) is 43.6 Å². The van der Waals surface area contributed by atoms with Crippen molar-refractivity contribution in [2.45, 2.75) is 65.0 Å². The molecule has 1 unspecified atom stereocenters. The molecule has 0 spiro atoms. The highest BCUT2D eigenvalue weighted by Crippen LogP contribution is 2.17. The third kappa shape index (κ3) is 6.44. The number of unbranched alkanes of at least 4 members (excludes halogenated alkanes) is 1. The molecule has 1 fully saturated rings. The summed E-state index contributed by atoms with van der Waals surface area (Å²) < 4.78 is 0. The number of guanidine groups is 1. The van der Waals surface area contributed by atoms with Crippen molar-refractivity contribution in [1.82, 2.24) is 15.5 Å². The van der Waals surface area contributed by atoms with E-state index in [9.17, 15) is 0 Å². The van der Waals surface area contributed by atoms with E-state index in [0.29, 0.717) is 0 Å². The van der Waals surface area contributed by atoms with Gasteiger partial charge in [-0.3, -0.25) is 4.99 Å². The Morgan fingerprint density at radius 1 is 1.25 bits per heavy atom. The summed E-state index contributed by atoms with van der Waals surface area (Å²) >= 11 is 1.88.